The Balaban J connectivity index is 1.26. The smallest absolute Gasteiger partial charge is 0.261 e. The van der Waals surface area contributed by atoms with Gasteiger partial charge in [0.1, 0.15) is 5.75 Å². The van der Waals surface area contributed by atoms with Crippen LogP contribution in [0.5, 0.6) is 5.75 Å². The van der Waals surface area contributed by atoms with Gasteiger partial charge >= 0.3 is 0 Å². The first-order valence-electron chi connectivity index (χ1n) is 11.1. The molecule has 1 aromatic carbocycles. The number of benzene rings is 1. The average Bonchev–Trinajstić information content (AvgIpc) is 3.49. The molecule has 2 saturated heterocycles. The molecule has 1 aromatic heterocycles. The van der Waals surface area contributed by atoms with Crippen LogP contribution in [0.4, 0.5) is 0 Å². The number of amides is 3. The van der Waals surface area contributed by atoms with Crippen LogP contribution in [0.25, 0.3) is 0 Å². The van der Waals surface area contributed by atoms with Gasteiger partial charge < -0.3 is 19.9 Å². The zero-order chi connectivity index (χ0) is 22.6. The van der Waals surface area contributed by atoms with Crippen molar-refractivity contribution in [3.63, 3.8) is 0 Å². The third kappa shape index (κ3) is 4.96. The molecule has 0 saturated carbocycles. The van der Waals surface area contributed by atoms with Crippen molar-refractivity contribution in [3.05, 3.63) is 52.2 Å². The first kappa shape index (κ1) is 22.3. The van der Waals surface area contributed by atoms with E-state index in [0.717, 1.165) is 25.0 Å². The van der Waals surface area contributed by atoms with E-state index in [1.165, 1.54) is 11.3 Å². The summed E-state index contributed by atoms with van der Waals surface area (Å²) in [4.78, 5) is 41.9. The summed E-state index contributed by atoms with van der Waals surface area (Å²) < 4.78 is 5.45. The predicted molar refractivity (Wildman–Crippen MR) is 123 cm³/mol. The highest BCUT2D eigenvalue weighted by atomic mass is 32.1. The maximum atomic E-state index is 12.9. The number of hydrogen-bond acceptors (Lipinski definition) is 5. The Labute approximate surface area is 192 Å². The van der Waals surface area contributed by atoms with Gasteiger partial charge in [-0.1, -0.05) is 6.07 Å². The quantitative estimate of drug-likeness (QED) is 0.726. The Morgan fingerprint density at radius 2 is 1.72 bits per heavy atom. The highest BCUT2D eigenvalue weighted by molar-refractivity contribution is 7.12. The molecule has 3 heterocycles. The third-order valence-corrected chi connectivity index (χ3v) is 7.33. The van der Waals surface area contributed by atoms with Gasteiger partial charge in [-0.05, 0) is 67.3 Å². The maximum absolute atomic E-state index is 12.9. The van der Waals surface area contributed by atoms with Gasteiger partial charge in [0.05, 0.1) is 18.0 Å². The fourth-order valence-corrected chi connectivity index (χ4v) is 5.19. The normalized spacial score (nSPS) is 17.4. The molecule has 0 radical (unpaired) electrons. The van der Waals surface area contributed by atoms with Crippen LogP contribution in [0.15, 0.2) is 41.8 Å². The number of ether oxygens (including phenoxy) is 1. The van der Waals surface area contributed by atoms with Gasteiger partial charge in [-0.25, -0.2) is 0 Å². The van der Waals surface area contributed by atoms with Crippen LogP contribution in [0.1, 0.15) is 46.2 Å². The van der Waals surface area contributed by atoms with Crippen LogP contribution >= 0.6 is 11.3 Å². The Morgan fingerprint density at radius 3 is 2.34 bits per heavy atom. The van der Waals surface area contributed by atoms with E-state index in [-0.39, 0.29) is 29.7 Å². The van der Waals surface area contributed by atoms with Crippen LogP contribution in [-0.4, -0.2) is 66.9 Å². The number of nitrogens with zero attached hydrogens (tertiary/aromatic N) is 2. The summed E-state index contributed by atoms with van der Waals surface area (Å²) in [6, 6.07) is 10.9. The molecule has 0 aliphatic carbocycles. The van der Waals surface area contributed by atoms with E-state index in [0.29, 0.717) is 43.2 Å². The molecule has 0 unspecified atom stereocenters. The second kappa shape index (κ2) is 9.73. The molecule has 2 aliphatic rings. The lowest BCUT2D eigenvalue weighted by atomic mass is 9.77. The molecule has 2 aromatic rings. The fraction of sp³-hybridized carbons (Fsp3) is 0.458. The molecule has 0 bridgehead atoms. The number of carbonyl (C=O) groups excluding carboxylic acids is 3. The van der Waals surface area contributed by atoms with E-state index in [9.17, 15) is 14.4 Å². The molecule has 2 fully saturated rings. The number of hydrogen-bond donors (Lipinski definition) is 1. The van der Waals surface area contributed by atoms with E-state index < -0.39 is 0 Å². The van der Waals surface area contributed by atoms with Gasteiger partial charge in [-0.3, -0.25) is 14.4 Å². The second-order valence-electron chi connectivity index (χ2n) is 8.47. The SMILES string of the molecule is CCOc1ccc(C(=O)N2CCC3(CCN(C(=O)CNC(=O)c4cccs4)C3)CC2)cc1. The minimum absolute atomic E-state index is 0.0230. The molecule has 4 rings (SSSR count). The van der Waals surface area contributed by atoms with Gasteiger partial charge in [0.15, 0.2) is 0 Å². The van der Waals surface area contributed by atoms with Crippen LogP contribution in [-0.2, 0) is 4.79 Å². The molecule has 32 heavy (non-hydrogen) atoms. The van der Waals surface area contributed by atoms with Gasteiger partial charge in [0, 0.05) is 31.7 Å². The van der Waals surface area contributed by atoms with Crippen molar-refractivity contribution < 1.29 is 19.1 Å². The minimum Gasteiger partial charge on any atom is -0.494 e. The van der Waals surface area contributed by atoms with Crippen molar-refractivity contribution in [2.45, 2.75) is 26.2 Å². The van der Waals surface area contributed by atoms with Crippen molar-refractivity contribution in [2.24, 2.45) is 5.41 Å². The maximum Gasteiger partial charge on any atom is 0.261 e. The lowest BCUT2D eigenvalue weighted by Gasteiger charge is -2.39. The van der Waals surface area contributed by atoms with Crippen molar-refractivity contribution in [1.29, 1.82) is 0 Å². The predicted octanol–water partition coefficient (Wildman–Crippen LogP) is 3.03. The Kier molecular flexibility index (Phi) is 6.79. The zero-order valence-corrected chi connectivity index (χ0v) is 19.2. The average molecular weight is 456 g/mol. The van der Waals surface area contributed by atoms with Crippen molar-refractivity contribution >= 4 is 29.1 Å². The number of likely N-dealkylation sites (tertiary alicyclic amines) is 2. The van der Waals surface area contributed by atoms with Crippen LogP contribution in [0, 0.1) is 5.41 Å². The van der Waals surface area contributed by atoms with E-state index >= 15 is 0 Å². The summed E-state index contributed by atoms with van der Waals surface area (Å²) in [5.41, 5.74) is 0.748. The molecule has 170 valence electrons. The van der Waals surface area contributed by atoms with Crippen LogP contribution in [0.3, 0.4) is 0 Å². The van der Waals surface area contributed by atoms with E-state index in [1.807, 2.05) is 52.4 Å². The summed E-state index contributed by atoms with van der Waals surface area (Å²) >= 11 is 1.36. The highest BCUT2D eigenvalue weighted by Crippen LogP contribution is 2.40. The second-order valence-corrected chi connectivity index (χ2v) is 9.42. The number of rotatable bonds is 6. The van der Waals surface area contributed by atoms with Crippen molar-refractivity contribution in [1.82, 2.24) is 15.1 Å². The first-order chi connectivity index (χ1) is 15.5. The zero-order valence-electron chi connectivity index (χ0n) is 18.3. The fourth-order valence-electron chi connectivity index (χ4n) is 4.55. The number of thiophene rings is 1. The molecule has 1 N–H and O–H groups in total. The molecule has 8 heteroatoms. The molecule has 2 aliphatic heterocycles. The summed E-state index contributed by atoms with van der Waals surface area (Å²) in [5, 5.41) is 4.56. The monoisotopic (exact) mass is 455 g/mol. The van der Waals surface area contributed by atoms with E-state index in [1.54, 1.807) is 6.07 Å². The summed E-state index contributed by atoms with van der Waals surface area (Å²) in [6.45, 7) is 5.36. The molecule has 1 spiro atoms. The first-order valence-corrected chi connectivity index (χ1v) is 12.0. The van der Waals surface area contributed by atoms with E-state index in [2.05, 4.69) is 5.32 Å². The summed E-state index contributed by atoms with van der Waals surface area (Å²) in [6.07, 6.45) is 2.73. The Morgan fingerprint density at radius 1 is 1.03 bits per heavy atom. The van der Waals surface area contributed by atoms with Gasteiger partial charge in [-0.2, -0.15) is 0 Å². The van der Waals surface area contributed by atoms with Crippen LogP contribution < -0.4 is 10.1 Å². The summed E-state index contributed by atoms with van der Waals surface area (Å²) in [7, 11) is 0. The lowest BCUT2D eigenvalue weighted by molar-refractivity contribution is -0.129. The number of piperidine rings is 1. The Bertz CT molecular complexity index is 950. The van der Waals surface area contributed by atoms with E-state index in [4.69, 9.17) is 4.74 Å². The molecule has 3 amide bonds. The van der Waals surface area contributed by atoms with Crippen molar-refractivity contribution in [2.75, 3.05) is 39.3 Å². The van der Waals surface area contributed by atoms with Gasteiger partial charge in [0.2, 0.25) is 5.91 Å². The topological polar surface area (TPSA) is 79.0 Å². The highest BCUT2D eigenvalue weighted by Gasteiger charge is 2.42. The Hall–Kier alpha value is -2.87. The number of carbonyl (C=O) groups is 3. The molecular weight excluding hydrogens is 426 g/mol. The van der Waals surface area contributed by atoms with Gasteiger partial charge in [0.25, 0.3) is 11.8 Å². The largest absolute Gasteiger partial charge is 0.494 e. The lowest BCUT2D eigenvalue weighted by Crippen LogP contribution is -2.45. The molecular formula is C24H29N3O4S. The minimum atomic E-state index is -0.205. The van der Waals surface area contributed by atoms with Crippen LogP contribution in [0.2, 0.25) is 0 Å². The van der Waals surface area contributed by atoms with Gasteiger partial charge in [-0.15, -0.1) is 11.3 Å². The molecule has 7 nitrogen and oxygen atoms in total. The molecule has 0 atom stereocenters. The standard InChI is InChI=1S/C24H29N3O4S/c1-2-31-19-7-5-18(6-8-19)23(30)26-12-9-24(10-13-26)11-14-27(17-24)21(28)16-25-22(29)20-4-3-15-32-20/h3-8,15H,2,9-14,16-17H2,1H3,(H,25,29). The number of nitrogens with one attached hydrogen (secondary N) is 1. The third-order valence-electron chi connectivity index (χ3n) is 6.46. The summed E-state index contributed by atoms with van der Waals surface area (Å²) in [5.74, 6) is 0.567. The van der Waals surface area contributed by atoms with Crippen molar-refractivity contribution in [3.8, 4) is 5.75 Å².